The molecule has 0 aliphatic rings. The van der Waals surface area contributed by atoms with Gasteiger partial charge in [0.05, 0.1) is 0 Å². The van der Waals surface area contributed by atoms with E-state index in [1.807, 2.05) is 0 Å². The van der Waals surface area contributed by atoms with Crippen LogP contribution in [0.5, 0.6) is 0 Å². The fraction of sp³-hybridized carbons (Fsp3) is 0.333. The van der Waals surface area contributed by atoms with E-state index in [4.69, 9.17) is 5.73 Å². The summed E-state index contributed by atoms with van der Waals surface area (Å²) in [5.74, 6) is 0. The molecule has 2 aromatic rings. The summed E-state index contributed by atoms with van der Waals surface area (Å²) in [5.41, 5.74) is 10.9. The predicted octanol–water partition coefficient (Wildman–Crippen LogP) is 2.25. The third-order valence-electron chi connectivity index (χ3n) is 2.73. The number of hydrogen-bond donors (Lipinski definition) is 1. The lowest BCUT2D eigenvalue weighted by atomic mass is 10.0. The highest BCUT2D eigenvalue weighted by Gasteiger charge is 2.07. The molecule has 0 aliphatic carbocycles. The topological polar surface area (TPSA) is 30.9 Å². The number of benzene rings is 1. The van der Waals surface area contributed by atoms with Crippen LogP contribution in [0.4, 0.5) is 0 Å². The lowest BCUT2D eigenvalue weighted by Crippen LogP contribution is -1.95. The second-order valence-corrected chi connectivity index (χ2v) is 3.95. The summed E-state index contributed by atoms with van der Waals surface area (Å²) in [5, 5.41) is 1.32. The Morgan fingerprint density at radius 3 is 2.64 bits per heavy atom. The number of aryl methyl sites for hydroxylation is 3. The first-order chi connectivity index (χ1) is 6.63. The molecule has 0 saturated heterocycles. The van der Waals surface area contributed by atoms with Gasteiger partial charge in [-0.1, -0.05) is 6.07 Å². The van der Waals surface area contributed by atoms with E-state index in [2.05, 4.69) is 43.8 Å². The van der Waals surface area contributed by atoms with E-state index < -0.39 is 0 Å². The maximum absolute atomic E-state index is 5.72. The summed E-state index contributed by atoms with van der Waals surface area (Å²) in [6.45, 7) is 4.89. The molecule has 0 atom stereocenters. The minimum atomic E-state index is 0.612. The highest BCUT2D eigenvalue weighted by atomic mass is 14.9. The normalized spacial score (nSPS) is 11.1. The lowest BCUT2D eigenvalue weighted by Gasteiger charge is -2.02. The molecule has 0 amide bonds. The van der Waals surface area contributed by atoms with Gasteiger partial charge in [-0.05, 0) is 36.6 Å². The van der Waals surface area contributed by atoms with Gasteiger partial charge in [0.15, 0.2) is 0 Å². The maximum atomic E-state index is 5.72. The molecule has 0 radical (unpaired) electrons. The Balaban J connectivity index is 2.89. The standard InChI is InChI=1S/C12H16N2/c1-8-4-9(2)12-10(6-13)7-14(3)11(12)5-8/h4-5,7H,6,13H2,1-3H3. The van der Waals surface area contributed by atoms with Crippen LogP contribution in [-0.4, -0.2) is 4.57 Å². The van der Waals surface area contributed by atoms with Crippen molar-refractivity contribution in [2.45, 2.75) is 20.4 Å². The zero-order valence-corrected chi connectivity index (χ0v) is 8.96. The molecule has 74 valence electrons. The molecule has 0 fully saturated rings. The van der Waals surface area contributed by atoms with Crippen LogP contribution in [0, 0.1) is 13.8 Å². The molecule has 0 unspecified atom stereocenters. The van der Waals surface area contributed by atoms with E-state index in [0.29, 0.717) is 6.54 Å². The van der Waals surface area contributed by atoms with Crippen molar-refractivity contribution in [2.24, 2.45) is 12.8 Å². The van der Waals surface area contributed by atoms with Crippen molar-refractivity contribution in [1.29, 1.82) is 0 Å². The summed E-state index contributed by atoms with van der Waals surface area (Å²) in [4.78, 5) is 0. The Kier molecular flexibility index (Phi) is 2.08. The zero-order chi connectivity index (χ0) is 10.3. The largest absolute Gasteiger partial charge is 0.350 e. The van der Waals surface area contributed by atoms with Crippen molar-refractivity contribution in [3.8, 4) is 0 Å². The Morgan fingerprint density at radius 2 is 2.00 bits per heavy atom. The van der Waals surface area contributed by atoms with Gasteiger partial charge in [0, 0.05) is 30.7 Å². The Labute approximate surface area is 84.3 Å². The van der Waals surface area contributed by atoms with Gasteiger partial charge in [0.2, 0.25) is 0 Å². The average molecular weight is 188 g/mol. The van der Waals surface area contributed by atoms with Crippen molar-refractivity contribution in [3.05, 3.63) is 35.0 Å². The Hall–Kier alpha value is -1.28. The molecule has 2 heteroatoms. The van der Waals surface area contributed by atoms with Crippen molar-refractivity contribution < 1.29 is 0 Å². The fourth-order valence-corrected chi connectivity index (χ4v) is 2.16. The average Bonchev–Trinajstić information content (AvgIpc) is 2.43. The van der Waals surface area contributed by atoms with Crippen molar-refractivity contribution in [2.75, 3.05) is 0 Å². The molecule has 2 nitrogen and oxygen atoms in total. The first-order valence-corrected chi connectivity index (χ1v) is 4.88. The third kappa shape index (κ3) is 1.23. The summed E-state index contributed by atoms with van der Waals surface area (Å²) < 4.78 is 2.15. The first kappa shape index (κ1) is 9.28. The molecule has 1 aromatic heterocycles. The van der Waals surface area contributed by atoms with E-state index in [-0.39, 0.29) is 0 Å². The van der Waals surface area contributed by atoms with Gasteiger partial charge in [0.25, 0.3) is 0 Å². The van der Waals surface area contributed by atoms with Crippen molar-refractivity contribution in [1.82, 2.24) is 4.57 Å². The molecular weight excluding hydrogens is 172 g/mol. The summed E-state index contributed by atoms with van der Waals surface area (Å²) >= 11 is 0. The zero-order valence-electron chi connectivity index (χ0n) is 8.96. The predicted molar refractivity (Wildman–Crippen MR) is 60.3 cm³/mol. The first-order valence-electron chi connectivity index (χ1n) is 4.88. The monoisotopic (exact) mass is 188 g/mol. The van der Waals surface area contributed by atoms with Gasteiger partial charge in [-0.25, -0.2) is 0 Å². The van der Waals surface area contributed by atoms with Crippen LogP contribution in [-0.2, 0) is 13.6 Å². The maximum Gasteiger partial charge on any atom is 0.0486 e. The van der Waals surface area contributed by atoms with Crippen LogP contribution in [0.15, 0.2) is 18.3 Å². The fourth-order valence-electron chi connectivity index (χ4n) is 2.16. The Bertz CT molecular complexity index is 481. The second kappa shape index (κ2) is 3.14. The highest BCUT2D eigenvalue weighted by molar-refractivity contribution is 5.87. The number of hydrogen-bond acceptors (Lipinski definition) is 1. The second-order valence-electron chi connectivity index (χ2n) is 3.95. The van der Waals surface area contributed by atoms with Gasteiger partial charge in [-0.3, -0.25) is 0 Å². The van der Waals surface area contributed by atoms with E-state index in [1.165, 1.54) is 27.6 Å². The van der Waals surface area contributed by atoms with E-state index >= 15 is 0 Å². The molecule has 2 N–H and O–H groups in total. The number of rotatable bonds is 1. The Morgan fingerprint density at radius 1 is 1.29 bits per heavy atom. The number of aromatic nitrogens is 1. The number of nitrogens with two attached hydrogens (primary N) is 1. The minimum absolute atomic E-state index is 0.612. The van der Waals surface area contributed by atoms with Gasteiger partial charge in [0.1, 0.15) is 0 Å². The van der Waals surface area contributed by atoms with Crippen molar-refractivity contribution in [3.63, 3.8) is 0 Å². The van der Waals surface area contributed by atoms with Crippen LogP contribution >= 0.6 is 0 Å². The summed E-state index contributed by atoms with van der Waals surface area (Å²) in [6.07, 6.45) is 2.12. The molecule has 2 rings (SSSR count). The van der Waals surface area contributed by atoms with Gasteiger partial charge >= 0.3 is 0 Å². The van der Waals surface area contributed by atoms with E-state index in [1.54, 1.807) is 0 Å². The molecule has 14 heavy (non-hydrogen) atoms. The van der Waals surface area contributed by atoms with Crippen molar-refractivity contribution >= 4 is 10.9 Å². The van der Waals surface area contributed by atoms with E-state index in [0.717, 1.165) is 0 Å². The van der Waals surface area contributed by atoms with Gasteiger partial charge in [-0.2, -0.15) is 0 Å². The minimum Gasteiger partial charge on any atom is -0.350 e. The van der Waals surface area contributed by atoms with Crippen LogP contribution in [0.3, 0.4) is 0 Å². The molecular formula is C12H16N2. The molecule has 0 saturated carbocycles. The number of fused-ring (bicyclic) bond motifs is 1. The summed E-state index contributed by atoms with van der Waals surface area (Å²) in [7, 11) is 2.07. The highest BCUT2D eigenvalue weighted by Crippen LogP contribution is 2.25. The van der Waals surface area contributed by atoms with Gasteiger partial charge in [-0.15, -0.1) is 0 Å². The van der Waals surface area contributed by atoms with Gasteiger partial charge < -0.3 is 10.3 Å². The van der Waals surface area contributed by atoms with Crippen LogP contribution in [0.1, 0.15) is 16.7 Å². The van der Waals surface area contributed by atoms with E-state index in [9.17, 15) is 0 Å². The van der Waals surface area contributed by atoms with Crippen LogP contribution in [0.2, 0.25) is 0 Å². The summed E-state index contributed by atoms with van der Waals surface area (Å²) in [6, 6.07) is 4.42. The lowest BCUT2D eigenvalue weighted by molar-refractivity contribution is 0.948. The number of nitrogens with zero attached hydrogens (tertiary/aromatic N) is 1. The van der Waals surface area contributed by atoms with Crippen LogP contribution < -0.4 is 5.73 Å². The quantitative estimate of drug-likeness (QED) is 0.731. The molecule has 0 aliphatic heterocycles. The molecule has 0 bridgehead atoms. The smallest absolute Gasteiger partial charge is 0.0486 e. The molecule has 0 spiro atoms. The molecule has 1 aromatic carbocycles. The van der Waals surface area contributed by atoms with Crippen LogP contribution in [0.25, 0.3) is 10.9 Å². The molecule has 1 heterocycles. The SMILES string of the molecule is Cc1cc(C)c2c(CN)cn(C)c2c1. The third-order valence-corrected chi connectivity index (χ3v) is 2.73.